The summed E-state index contributed by atoms with van der Waals surface area (Å²) >= 11 is 0. The van der Waals surface area contributed by atoms with Crippen LogP contribution in [0, 0.1) is 0 Å². The molecule has 0 aromatic carbocycles. The van der Waals surface area contributed by atoms with Gasteiger partial charge in [-0.1, -0.05) is 0 Å². The number of hydrogen-bond donors (Lipinski definition) is 1. The number of sulfone groups is 1. The first-order chi connectivity index (χ1) is 10.8. The highest BCUT2D eigenvalue weighted by Gasteiger charge is 2.39. The zero-order valence-electron chi connectivity index (χ0n) is 13.0. The molecular formula is C15H18N4O3S. The third-order valence-electron chi connectivity index (χ3n) is 3.96. The first-order valence-corrected chi connectivity index (χ1v) is 9.06. The Morgan fingerprint density at radius 3 is 2.70 bits per heavy atom. The smallest absolute Gasteiger partial charge is 0.253 e. The van der Waals surface area contributed by atoms with E-state index in [9.17, 15) is 13.2 Å². The third-order valence-corrected chi connectivity index (χ3v) is 5.86. The molecule has 0 aliphatic carbocycles. The summed E-state index contributed by atoms with van der Waals surface area (Å²) in [5.41, 5.74) is 1.33. The number of rotatable bonds is 3. The van der Waals surface area contributed by atoms with Crippen molar-refractivity contribution in [3.63, 3.8) is 0 Å². The molecule has 1 atom stereocenters. The highest BCUT2D eigenvalue weighted by Crippen LogP contribution is 2.24. The Morgan fingerprint density at radius 1 is 1.30 bits per heavy atom. The van der Waals surface area contributed by atoms with Crippen molar-refractivity contribution in [1.82, 2.24) is 20.1 Å². The number of carbonyl (C=O) groups is 1. The second-order valence-corrected chi connectivity index (χ2v) is 8.41. The predicted octanol–water partition coefficient (Wildman–Crippen LogP) is 0.789. The summed E-state index contributed by atoms with van der Waals surface area (Å²) in [5, 5.41) is 6.93. The lowest BCUT2D eigenvalue weighted by Gasteiger charge is -2.23. The molecule has 122 valence electrons. The first-order valence-electron chi connectivity index (χ1n) is 7.23. The summed E-state index contributed by atoms with van der Waals surface area (Å²) in [4.78, 5) is 16.5. The Kier molecular flexibility index (Phi) is 3.71. The number of hydrogen-bond acceptors (Lipinski definition) is 5. The van der Waals surface area contributed by atoms with Gasteiger partial charge < -0.3 is 5.32 Å². The van der Waals surface area contributed by atoms with E-state index in [-0.39, 0.29) is 17.4 Å². The normalized spacial score (nSPS) is 22.9. The van der Waals surface area contributed by atoms with Crippen molar-refractivity contribution >= 4 is 15.7 Å². The van der Waals surface area contributed by atoms with E-state index >= 15 is 0 Å². The first kappa shape index (κ1) is 15.7. The molecule has 23 heavy (non-hydrogen) atoms. The molecule has 1 amide bonds. The monoisotopic (exact) mass is 334 g/mol. The topological polar surface area (TPSA) is 94.0 Å². The maximum absolute atomic E-state index is 12.4. The van der Waals surface area contributed by atoms with Crippen LogP contribution in [0.4, 0.5) is 0 Å². The average molecular weight is 334 g/mol. The minimum Gasteiger partial charge on any atom is -0.346 e. The van der Waals surface area contributed by atoms with Crippen molar-refractivity contribution in [3.8, 4) is 11.1 Å². The van der Waals surface area contributed by atoms with Crippen LogP contribution in [0.15, 0.2) is 30.9 Å². The standard InChI is InChI=1S/C15H18N4O3S/c1-15(3-4-23(21,22)10-15)18-14(20)12-5-11(6-16-7-12)13-8-17-19(2)9-13/h5-9H,3-4,10H2,1-2H3,(H,18,20)/t15-/m0/s1. The molecule has 0 radical (unpaired) electrons. The van der Waals surface area contributed by atoms with Gasteiger partial charge in [-0.3, -0.25) is 14.5 Å². The van der Waals surface area contributed by atoms with Crippen LogP contribution in [0.3, 0.4) is 0 Å². The van der Waals surface area contributed by atoms with Gasteiger partial charge in [0.15, 0.2) is 9.84 Å². The van der Waals surface area contributed by atoms with Crippen LogP contribution >= 0.6 is 0 Å². The lowest BCUT2D eigenvalue weighted by molar-refractivity contribution is 0.0915. The number of aromatic nitrogens is 3. The SMILES string of the molecule is Cn1cc(-c2cncc(C(=O)N[C@@]3(C)CCS(=O)(=O)C3)c2)cn1. The van der Waals surface area contributed by atoms with Crippen molar-refractivity contribution in [2.24, 2.45) is 7.05 Å². The predicted molar refractivity (Wildman–Crippen MR) is 85.6 cm³/mol. The largest absolute Gasteiger partial charge is 0.346 e. The summed E-state index contributed by atoms with van der Waals surface area (Å²) in [6, 6.07) is 1.73. The van der Waals surface area contributed by atoms with Crippen LogP contribution in [0.25, 0.3) is 11.1 Å². The van der Waals surface area contributed by atoms with E-state index in [0.29, 0.717) is 12.0 Å². The zero-order chi connectivity index (χ0) is 16.7. The Morgan fingerprint density at radius 2 is 2.09 bits per heavy atom. The Hall–Kier alpha value is -2.22. The molecule has 3 heterocycles. The Balaban J connectivity index is 1.81. The molecule has 1 N–H and O–H groups in total. The van der Waals surface area contributed by atoms with Gasteiger partial charge in [0.25, 0.3) is 5.91 Å². The van der Waals surface area contributed by atoms with E-state index in [1.807, 2.05) is 13.2 Å². The van der Waals surface area contributed by atoms with Gasteiger partial charge in [-0.15, -0.1) is 0 Å². The second kappa shape index (κ2) is 5.45. The second-order valence-electron chi connectivity index (χ2n) is 6.22. The molecule has 1 saturated heterocycles. The van der Waals surface area contributed by atoms with Gasteiger partial charge in [-0.25, -0.2) is 8.42 Å². The molecule has 7 nitrogen and oxygen atoms in total. The number of amides is 1. The van der Waals surface area contributed by atoms with E-state index in [0.717, 1.165) is 11.1 Å². The van der Waals surface area contributed by atoms with Crippen molar-refractivity contribution in [2.75, 3.05) is 11.5 Å². The van der Waals surface area contributed by atoms with Crippen LogP contribution < -0.4 is 5.32 Å². The van der Waals surface area contributed by atoms with Gasteiger partial charge in [0, 0.05) is 36.8 Å². The fourth-order valence-electron chi connectivity index (χ4n) is 2.75. The fraction of sp³-hybridized carbons (Fsp3) is 0.400. The molecule has 3 rings (SSSR count). The summed E-state index contributed by atoms with van der Waals surface area (Å²) in [6.45, 7) is 1.76. The van der Waals surface area contributed by atoms with Gasteiger partial charge in [-0.2, -0.15) is 5.10 Å². The lowest BCUT2D eigenvalue weighted by Crippen LogP contribution is -2.46. The van der Waals surface area contributed by atoms with Crippen LogP contribution in [-0.2, 0) is 16.9 Å². The zero-order valence-corrected chi connectivity index (χ0v) is 13.8. The van der Waals surface area contributed by atoms with Crippen molar-refractivity contribution in [1.29, 1.82) is 0 Å². The summed E-state index contributed by atoms with van der Waals surface area (Å²) < 4.78 is 24.9. The van der Waals surface area contributed by atoms with Gasteiger partial charge in [-0.05, 0) is 19.4 Å². The third kappa shape index (κ3) is 3.42. The molecule has 1 aliphatic heterocycles. The number of nitrogens with one attached hydrogen (secondary N) is 1. The number of pyridine rings is 1. The van der Waals surface area contributed by atoms with Crippen molar-refractivity contribution < 1.29 is 13.2 Å². The van der Waals surface area contributed by atoms with Crippen LogP contribution in [0.5, 0.6) is 0 Å². The molecule has 2 aromatic rings. The summed E-state index contributed by atoms with van der Waals surface area (Å²) in [7, 11) is -1.26. The van der Waals surface area contributed by atoms with Gasteiger partial charge in [0.2, 0.25) is 0 Å². The van der Waals surface area contributed by atoms with Crippen molar-refractivity contribution in [3.05, 3.63) is 36.4 Å². The molecule has 1 aliphatic rings. The van der Waals surface area contributed by atoms with Gasteiger partial charge >= 0.3 is 0 Å². The maximum Gasteiger partial charge on any atom is 0.253 e. The fourth-order valence-corrected chi connectivity index (χ4v) is 4.84. The highest BCUT2D eigenvalue weighted by molar-refractivity contribution is 7.91. The molecule has 8 heteroatoms. The van der Waals surface area contributed by atoms with Crippen LogP contribution in [0.1, 0.15) is 23.7 Å². The molecule has 0 saturated carbocycles. The van der Waals surface area contributed by atoms with Crippen molar-refractivity contribution in [2.45, 2.75) is 18.9 Å². The van der Waals surface area contributed by atoms with Crippen LogP contribution in [0.2, 0.25) is 0 Å². The number of nitrogens with zero attached hydrogens (tertiary/aromatic N) is 3. The number of carbonyl (C=O) groups excluding carboxylic acids is 1. The van der Waals surface area contributed by atoms with Crippen LogP contribution in [-0.4, -0.2) is 46.1 Å². The average Bonchev–Trinajstić information content (AvgIpc) is 3.02. The van der Waals surface area contributed by atoms with E-state index < -0.39 is 15.4 Å². The summed E-state index contributed by atoms with van der Waals surface area (Å²) in [6.07, 6.45) is 7.10. The Labute approximate surface area is 134 Å². The molecular weight excluding hydrogens is 316 g/mol. The maximum atomic E-state index is 12.4. The number of aryl methyl sites for hydroxylation is 1. The van der Waals surface area contributed by atoms with E-state index in [1.165, 1.54) is 6.20 Å². The molecule has 0 spiro atoms. The van der Waals surface area contributed by atoms with E-state index in [4.69, 9.17) is 0 Å². The van der Waals surface area contributed by atoms with E-state index in [2.05, 4.69) is 15.4 Å². The summed E-state index contributed by atoms with van der Waals surface area (Å²) in [5.74, 6) is -0.234. The molecule has 2 aromatic heterocycles. The Bertz CT molecular complexity index is 859. The highest BCUT2D eigenvalue weighted by atomic mass is 32.2. The molecule has 0 unspecified atom stereocenters. The van der Waals surface area contributed by atoms with Gasteiger partial charge in [0.05, 0.1) is 28.8 Å². The quantitative estimate of drug-likeness (QED) is 0.895. The lowest BCUT2D eigenvalue weighted by atomic mass is 10.0. The molecule has 1 fully saturated rings. The van der Waals surface area contributed by atoms with E-state index in [1.54, 1.807) is 30.1 Å². The minimum absolute atomic E-state index is 0.0263. The van der Waals surface area contributed by atoms with Gasteiger partial charge in [0.1, 0.15) is 0 Å². The molecule has 0 bridgehead atoms. The minimum atomic E-state index is -3.07.